The van der Waals surface area contributed by atoms with Gasteiger partial charge >= 0.3 is 0 Å². The molecule has 1 unspecified atom stereocenters. The minimum absolute atomic E-state index is 0.418. The van der Waals surface area contributed by atoms with E-state index in [1.165, 1.54) is 0 Å². The monoisotopic (exact) mass is 294 g/mol. The second-order valence-corrected chi connectivity index (χ2v) is 5.50. The Morgan fingerprint density at radius 3 is 2.80 bits per heavy atom. The van der Waals surface area contributed by atoms with E-state index in [0.29, 0.717) is 12.6 Å². The molecule has 1 heterocycles. The summed E-state index contributed by atoms with van der Waals surface area (Å²) in [5, 5.41) is 0.739. The van der Waals surface area contributed by atoms with Crippen LogP contribution in [0, 0.1) is 0 Å². The lowest BCUT2D eigenvalue weighted by Gasteiger charge is -2.31. The number of unbranched alkanes of at least 4 members (excludes halogenated alkanes) is 1. The molecule has 1 atom stereocenters. The van der Waals surface area contributed by atoms with Crippen LogP contribution in [-0.2, 0) is 0 Å². The average Bonchev–Trinajstić information content (AvgIpc) is 2.49. The molecule has 1 aromatic rings. The van der Waals surface area contributed by atoms with E-state index in [4.69, 9.17) is 22.1 Å². The van der Waals surface area contributed by atoms with Crippen LogP contribution in [0.1, 0.15) is 19.3 Å². The van der Waals surface area contributed by atoms with Gasteiger partial charge in [0.2, 0.25) is 0 Å². The van der Waals surface area contributed by atoms with Crippen LogP contribution in [0.15, 0.2) is 36.4 Å². The first kappa shape index (κ1) is 15.4. The molecule has 1 aliphatic rings. The van der Waals surface area contributed by atoms with Crippen LogP contribution < -0.4 is 10.5 Å². The Hall–Kier alpha value is -1.03. The molecule has 20 heavy (non-hydrogen) atoms. The molecule has 1 aromatic carbocycles. The van der Waals surface area contributed by atoms with E-state index in [-0.39, 0.29) is 0 Å². The van der Waals surface area contributed by atoms with Gasteiger partial charge in [-0.1, -0.05) is 23.8 Å². The molecule has 0 amide bonds. The van der Waals surface area contributed by atoms with E-state index in [2.05, 4.69) is 17.1 Å². The first-order valence-corrected chi connectivity index (χ1v) is 7.66. The molecule has 0 saturated heterocycles. The van der Waals surface area contributed by atoms with E-state index in [9.17, 15) is 0 Å². The van der Waals surface area contributed by atoms with E-state index in [1.54, 1.807) is 0 Å². The first-order valence-electron chi connectivity index (χ1n) is 7.29. The Morgan fingerprint density at radius 2 is 2.05 bits per heavy atom. The summed E-state index contributed by atoms with van der Waals surface area (Å²) >= 11 is 5.83. The number of halogens is 1. The Balaban J connectivity index is 1.61. The van der Waals surface area contributed by atoms with Gasteiger partial charge in [-0.3, -0.25) is 4.90 Å². The third kappa shape index (κ3) is 4.82. The minimum Gasteiger partial charge on any atom is -0.494 e. The predicted molar refractivity (Wildman–Crippen MR) is 84.4 cm³/mol. The van der Waals surface area contributed by atoms with Crippen LogP contribution in [-0.4, -0.2) is 37.2 Å². The van der Waals surface area contributed by atoms with Crippen molar-refractivity contribution in [3.05, 3.63) is 41.4 Å². The molecule has 4 heteroatoms. The minimum atomic E-state index is 0.418. The number of nitrogens with zero attached hydrogens (tertiary/aromatic N) is 1. The Morgan fingerprint density at radius 1 is 1.25 bits per heavy atom. The van der Waals surface area contributed by atoms with Crippen LogP contribution in [0.2, 0.25) is 5.02 Å². The van der Waals surface area contributed by atoms with Crippen LogP contribution in [0.5, 0.6) is 5.75 Å². The summed E-state index contributed by atoms with van der Waals surface area (Å²) in [5.74, 6) is 0.884. The van der Waals surface area contributed by atoms with Gasteiger partial charge in [-0.15, -0.1) is 0 Å². The van der Waals surface area contributed by atoms with E-state index < -0.39 is 0 Å². The quantitative estimate of drug-likeness (QED) is 0.620. The van der Waals surface area contributed by atoms with Crippen LogP contribution in [0.3, 0.4) is 0 Å². The molecule has 0 fully saturated rings. The lowest BCUT2D eigenvalue weighted by atomic mass is 10.1. The van der Waals surface area contributed by atoms with Crippen molar-refractivity contribution in [2.24, 2.45) is 5.73 Å². The lowest BCUT2D eigenvalue weighted by molar-refractivity contribution is 0.213. The summed E-state index contributed by atoms with van der Waals surface area (Å²) < 4.78 is 5.69. The van der Waals surface area contributed by atoms with Crippen molar-refractivity contribution in [1.82, 2.24) is 4.90 Å². The topological polar surface area (TPSA) is 38.5 Å². The normalized spacial score (nSPS) is 19.2. The molecule has 2 rings (SSSR count). The van der Waals surface area contributed by atoms with Gasteiger partial charge in [0.25, 0.3) is 0 Å². The number of rotatable bonds is 7. The van der Waals surface area contributed by atoms with Crippen molar-refractivity contribution in [3.8, 4) is 5.75 Å². The SMILES string of the molecule is NCC1C=CCCN1CCCCOc1ccc(Cl)cc1. The summed E-state index contributed by atoms with van der Waals surface area (Å²) in [6, 6.07) is 7.93. The molecule has 0 aliphatic carbocycles. The zero-order valence-corrected chi connectivity index (χ0v) is 12.6. The van der Waals surface area contributed by atoms with Gasteiger partial charge in [0.1, 0.15) is 5.75 Å². The fraction of sp³-hybridized carbons (Fsp3) is 0.500. The number of hydrogen-bond acceptors (Lipinski definition) is 3. The number of nitrogens with two attached hydrogens (primary N) is 1. The van der Waals surface area contributed by atoms with Gasteiger partial charge < -0.3 is 10.5 Å². The zero-order valence-electron chi connectivity index (χ0n) is 11.8. The summed E-state index contributed by atoms with van der Waals surface area (Å²) in [6.07, 6.45) is 7.79. The molecular formula is C16H23ClN2O. The smallest absolute Gasteiger partial charge is 0.119 e. The van der Waals surface area contributed by atoms with Crippen LogP contribution >= 0.6 is 11.6 Å². The molecule has 0 bridgehead atoms. The fourth-order valence-electron chi connectivity index (χ4n) is 2.42. The molecule has 110 valence electrons. The van der Waals surface area contributed by atoms with E-state index >= 15 is 0 Å². The number of ether oxygens (including phenoxy) is 1. The van der Waals surface area contributed by atoms with Crippen molar-refractivity contribution in [1.29, 1.82) is 0 Å². The summed E-state index contributed by atoms with van der Waals surface area (Å²) in [6.45, 7) is 3.67. The van der Waals surface area contributed by atoms with Gasteiger partial charge in [0.05, 0.1) is 6.61 Å². The van der Waals surface area contributed by atoms with Crippen molar-refractivity contribution in [2.45, 2.75) is 25.3 Å². The Bertz CT molecular complexity index is 419. The third-order valence-electron chi connectivity index (χ3n) is 3.57. The highest BCUT2D eigenvalue weighted by atomic mass is 35.5. The molecule has 0 saturated carbocycles. The summed E-state index contributed by atoms with van der Waals surface area (Å²) in [7, 11) is 0. The highest BCUT2D eigenvalue weighted by Crippen LogP contribution is 2.16. The molecule has 0 aromatic heterocycles. The van der Waals surface area contributed by atoms with Crippen LogP contribution in [0.4, 0.5) is 0 Å². The average molecular weight is 295 g/mol. The third-order valence-corrected chi connectivity index (χ3v) is 3.83. The highest BCUT2D eigenvalue weighted by Gasteiger charge is 2.15. The second kappa shape index (κ2) is 8.30. The molecule has 1 aliphatic heterocycles. The van der Waals surface area contributed by atoms with Gasteiger partial charge in [-0.05, 0) is 50.1 Å². The maximum absolute atomic E-state index is 5.83. The Kier molecular flexibility index (Phi) is 6.37. The molecule has 2 N–H and O–H groups in total. The molecular weight excluding hydrogens is 272 g/mol. The van der Waals surface area contributed by atoms with E-state index in [0.717, 1.165) is 49.7 Å². The Labute approximate surface area is 126 Å². The lowest BCUT2D eigenvalue weighted by Crippen LogP contribution is -2.42. The van der Waals surface area contributed by atoms with Gasteiger partial charge in [0, 0.05) is 24.2 Å². The highest BCUT2D eigenvalue weighted by molar-refractivity contribution is 6.30. The van der Waals surface area contributed by atoms with Gasteiger partial charge in [-0.2, -0.15) is 0 Å². The largest absolute Gasteiger partial charge is 0.494 e. The zero-order chi connectivity index (χ0) is 14.2. The second-order valence-electron chi connectivity index (χ2n) is 5.07. The van der Waals surface area contributed by atoms with Crippen molar-refractivity contribution in [3.63, 3.8) is 0 Å². The van der Waals surface area contributed by atoms with Crippen molar-refractivity contribution >= 4 is 11.6 Å². The number of hydrogen-bond donors (Lipinski definition) is 1. The van der Waals surface area contributed by atoms with Gasteiger partial charge in [0.15, 0.2) is 0 Å². The van der Waals surface area contributed by atoms with Crippen molar-refractivity contribution < 1.29 is 4.74 Å². The number of benzene rings is 1. The summed E-state index contributed by atoms with van der Waals surface area (Å²) in [5.41, 5.74) is 5.78. The maximum atomic E-state index is 5.83. The first-order chi connectivity index (χ1) is 9.79. The van der Waals surface area contributed by atoms with Crippen molar-refractivity contribution in [2.75, 3.05) is 26.2 Å². The van der Waals surface area contributed by atoms with Gasteiger partial charge in [-0.25, -0.2) is 0 Å². The molecule has 0 spiro atoms. The van der Waals surface area contributed by atoms with Crippen LogP contribution in [0.25, 0.3) is 0 Å². The fourth-order valence-corrected chi connectivity index (χ4v) is 2.55. The predicted octanol–water partition coefficient (Wildman–Crippen LogP) is 3.09. The standard InChI is InChI=1S/C16H23ClN2O/c17-14-6-8-16(9-7-14)20-12-4-3-11-19-10-2-1-5-15(19)13-18/h1,5-9,15H,2-4,10-13,18H2. The maximum Gasteiger partial charge on any atom is 0.119 e. The molecule has 3 nitrogen and oxygen atoms in total. The molecule has 0 radical (unpaired) electrons. The summed E-state index contributed by atoms with van der Waals surface area (Å²) in [4.78, 5) is 2.46. The van der Waals surface area contributed by atoms with E-state index in [1.807, 2.05) is 24.3 Å².